The highest BCUT2D eigenvalue weighted by Gasteiger charge is 2.48. The number of nitrogens with one attached hydrogen (secondary N) is 2. The zero-order valence-electron chi connectivity index (χ0n) is 18.9. The van der Waals surface area contributed by atoms with Crippen LogP contribution in [0.15, 0.2) is 0 Å². The Kier molecular flexibility index (Phi) is 6.43. The fourth-order valence-corrected chi connectivity index (χ4v) is 6.10. The third kappa shape index (κ3) is 5.26. The molecule has 0 aromatic rings. The van der Waals surface area contributed by atoms with E-state index in [1.807, 2.05) is 30.6 Å². The second kappa shape index (κ2) is 8.72. The van der Waals surface area contributed by atoms with Gasteiger partial charge >= 0.3 is 6.09 Å². The van der Waals surface area contributed by atoms with Gasteiger partial charge in [0.15, 0.2) is 0 Å². The van der Waals surface area contributed by atoms with Crippen molar-refractivity contribution in [3.05, 3.63) is 0 Å². The van der Waals surface area contributed by atoms with Crippen molar-refractivity contribution in [1.82, 2.24) is 4.90 Å². The zero-order valence-corrected chi connectivity index (χ0v) is 18.9. The van der Waals surface area contributed by atoms with E-state index >= 15 is 0 Å². The predicted octanol–water partition coefficient (Wildman–Crippen LogP) is 0.661. The maximum Gasteiger partial charge on any atom is 0.410 e. The van der Waals surface area contributed by atoms with Gasteiger partial charge in [0.25, 0.3) is 0 Å². The van der Waals surface area contributed by atoms with Crippen LogP contribution in [0.4, 0.5) is 4.79 Å². The Morgan fingerprint density at radius 3 is 2.21 bits per heavy atom. The van der Waals surface area contributed by atoms with E-state index in [9.17, 15) is 4.79 Å². The Bertz CT molecular complexity index is 554. The van der Waals surface area contributed by atoms with E-state index in [-0.39, 0.29) is 11.7 Å². The van der Waals surface area contributed by atoms with E-state index in [1.165, 1.54) is 64.7 Å². The molecule has 4 saturated heterocycles. The van der Waals surface area contributed by atoms with Crippen molar-refractivity contribution < 1.29 is 24.1 Å². The molecule has 1 amide bonds. The molecular weight excluding hydrogens is 366 g/mol. The van der Waals surface area contributed by atoms with Crippen LogP contribution in [0.1, 0.15) is 72.1 Å². The van der Waals surface area contributed by atoms with Gasteiger partial charge in [0, 0.05) is 32.4 Å². The molecule has 0 aromatic carbocycles. The molecule has 0 aromatic heterocycles. The van der Waals surface area contributed by atoms with Gasteiger partial charge in [0.1, 0.15) is 11.6 Å². The topological polar surface area (TPSA) is 47.6 Å². The molecule has 2 N–H and O–H groups in total. The molecule has 0 bridgehead atoms. The molecule has 0 radical (unpaired) electrons. The average Bonchev–Trinajstić information content (AvgIpc) is 3.11. The Labute approximate surface area is 176 Å². The number of amides is 1. The standard InChI is InChI=1S/C23H41N3O3/c1-22(2,3)29-21(27)26-15-9-23(10-16-26)17-20(18-28-23)25-13-7-19(8-14-25)24-11-5-4-6-12-24/h19-20H,4-18H2,1-3H3/p+2/t20-/m1/s1. The lowest BCUT2D eigenvalue weighted by molar-refractivity contribution is -0.969. The summed E-state index contributed by atoms with van der Waals surface area (Å²) in [6.45, 7) is 13.7. The van der Waals surface area contributed by atoms with Crippen LogP contribution in [0.5, 0.6) is 0 Å². The molecule has 0 saturated carbocycles. The third-order valence-electron chi connectivity index (χ3n) is 7.81. The average molecular weight is 410 g/mol. The van der Waals surface area contributed by atoms with Crippen molar-refractivity contribution in [1.29, 1.82) is 0 Å². The number of rotatable bonds is 2. The van der Waals surface area contributed by atoms with Crippen LogP contribution in [0.2, 0.25) is 0 Å². The molecular formula is C23H43N3O3+2. The zero-order chi connectivity index (χ0) is 20.5. The van der Waals surface area contributed by atoms with Crippen LogP contribution in [-0.4, -0.2) is 80.2 Å². The fourth-order valence-electron chi connectivity index (χ4n) is 6.10. The highest BCUT2D eigenvalue weighted by molar-refractivity contribution is 5.68. The fraction of sp³-hybridized carbons (Fsp3) is 0.957. The van der Waals surface area contributed by atoms with Gasteiger partial charge in [-0.25, -0.2) is 4.79 Å². The molecule has 4 aliphatic heterocycles. The van der Waals surface area contributed by atoms with Crippen LogP contribution in [-0.2, 0) is 9.47 Å². The molecule has 4 fully saturated rings. The van der Waals surface area contributed by atoms with Crippen LogP contribution in [0.25, 0.3) is 0 Å². The summed E-state index contributed by atoms with van der Waals surface area (Å²) >= 11 is 0. The lowest BCUT2D eigenvalue weighted by atomic mass is 9.86. The Balaban J connectivity index is 1.22. The number of ether oxygens (including phenoxy) is 2. The molecule has 6 heteroatoms. The van der Waals surface area contributed by atoms with E-state index in [0.717, 1.165) is 38.6 Å². The molecule has 29 heavy (non-hydrogen) atoms. The van der Waals surface area contributed by atoms with Gasteiger partial charge in [-0.15, -0.1) is 0 Å². The Hall–Kier alpha value is -0.850. The van der Waals surface area contributed by atoms with Gasteiger partial charge < -0.3 is 24.2 Å². The van der Waals surface area contributed by atoms with E-state index in [1.54, 1.807) is 4.90 Å². The first kappa shape index (κ1) is 21.4. The minimum atomic E-state index is -0.424. The van der Waals surface area contributed by atoms with Gasteiger partial charge in [-0.1, -0.05) is 0 Å². The van der Waals surface area contributed by atoms with E-state index in [0.29, 0.717) is 6.04 Å². The Morgan fingerprint density at radius 2 is 1.59 bits per heavy atom. The summed E-state index contributed by atoms with van der Waals surface area (Å²) in [5.74, 6) is 0. The monoisotopic (exact) mass is 409 g/mol. The summed E-state index contributed by atoms with van der Waals surface area (Å²) in [4.78, 5) is 17.9. The van der Waals surface area contributed by atoms with Crippen molar-refractivity contribution in [3.8, 4) is 0 Å². The minimum absolute atomic E-state index is 0.00511. The largest absolute Gasteiger partial charge is 0.444 e. The maximum absolute atomic E-state index is 12.3. The lowest BCUT2D eigenvalue weighted by Crippen LogP contribution is -3.22. The van der Waals surface area contributed by atoms with Crippen LogP contribution in [0.3, 0.4) is 0 Å². The number of carbonyl (C=O) groups is 1. The van der Waals surface area contributed by atoms with Gasteiger partial charge in [-0.3, -0.25) is 0 Å². The van der Waals surface area contributed by atoms with Gasteiger partial charge in [0.2, 0.25) is 0 Å². The first-order valence-corrected chi connectivity index (χ1v) is 12.1. The second-order valence-electron chi connectivity index (χ2n) is 11.0. The molecule has 6 nitrogen and oxygen atoms in total. The summed E-state index contributed by atoms with van der Waals surface area (Å²) in [5.41, 5.74) is -0.419. The third-order valence-corrected chi connectivity index (χ3v) is 7.81. The SMILES string of the molecule is CC(C)(C)OC(=O)N1CCC2(CC1)C[C@@H]([NH+]1CCC([NH+]3CCCCC3)CC1)CO2. The van der Waals surface area contributed by atoms with Crippen molar-refractivity contribution in [2.45, 2.75) is 95.4 Å². The van der Waals surface area contributed by atoms with Gasteiger partial charge in [0.05, 0.1) is 44.4 Å². The second-order valence-corrected chi connectivity index (χ2v) is 11.0. The summed E-state index contributed by atoms with van der Waals surface area (Å²) in [5, 5.41) is 0. The first-order valence-electron chi connectivity index (χ1n) is 12.1. The van der Waals surface area contributed by atoms with E-state index in [2.05, 4.69) is 0 Å². The van der Waals surface area contributed by atoms with E-state index in [4.69, 9.17) is 9.47 Å². The number of carbonyl (C=O) groups excluding carboxylic acids is 1. The van der Waals surface area contributed by atoms with Gasteiger partial charge in [-0.05, 0) is 52.9 Å². The van der Waals surface area contributed by atoms with Crippen molar-refractivity contribution in [2.24, 2.45) is 0 Å². The number of likely N-dealkylation sites (tertiary alicyclic amines) is 3. The maximum atomic E-state index is 12.3. The molecule has 0 aliphatic carbocycles. The predicted molar refractivity (Wildman–Crippen MR) is 112 cm³/mol. The van der Waals surface area contributed by atoms with Crippen molar-refractivity contribution >= 4 is 6.09 Å². The van der Waals surface area contributed by atoms with Crippen molar-refractivity contribution in [3.63, 3.8) is 0 Å². The summed E-state index contributed by atoms with van der Waals surface area (Å²) in [7, 11) is 0. The first-order chi connectivity index (χ1) is 13.8. The van der Waals surface area contributed by atoms with Crippen LogP contribution >= 0.6 is 0 Å². The summed E-state index contributed by atoms with van der Waals surface area (Å²) in [6.07, 6.45) is 10.00. The molecule has 1 spiro atoms. The summed E-state index contributed by atoms with van der Waals surface area (Å²) < 4.78 is 12.0. The van der Waals surface area contributed by atoms with Gasteiger partial charge in [-0.2, -0.15) is 0 Å². The number of hydrogen-bond donors (Lipinski definition) is 2. The lowest BCUT2D eigenvalue weighted by Gasteiger charge is -2.39. The summed E-state index contributed by atoms with van der Waals surface area (Å²) in [6, 6.07) is 1.56. The van der Waals surface area contributed by atoms with Crippen LogP contribution in [0, 0.1) is 0 Å². The Morgan fingerprint density at radius 1 is 0.966 bits per heavy atom. The number of quaternary nitrogens is 2. The highest BCUT2D eigenvalue weighted by atomic mass is 16.6. The minimum Gasteiger partial charge on any atom is -0.444 e. The highest BCUT2D eigenvalue weighted by Crippen LogP contribution is 2.35. The van der Waals surface area contributed by atoms with E-state index < -0.39 is 5.60 Å². The van der Waals surface area contributed by atoms with Crippen molar-refractivity contribution in [2.75, 3.05) is 45.9 Å². The molecule has 4 aliphatic rings. The number of nitrogens with zero attached hydrogens (tertiary/aromatic N) is 1. The number of piperidine rings is 3. The molecule has 166 valence electrons. The molecule has 4 rings (SSSR count). The molecule has 0 unspecified atom stereocenters. The number of hydrogen-bond acceptors (Lipinski definition) is 3. The van der Waals surface area contributed by atoms with Crippen LogP contribution < -0.4 is 9.80 Å². The molecule has 4 heterocycles. The smallest absolute Gasteiger partial charge is 0.410 e. The quantitative estimate of drug-likeness (QED) is 0.705. The molecule has 1 atom stereocenters. The normalized spacial score (nSPS) is 33.8.